The summed E-state index contributed by atoms with van der Waals surface area (Å²) in [5, 5.41) is 11.6. The fraction of sp³-hybridized carbons (Fsp3) is 0.462. The van der Waals surface area contributed by atoms with Crippen molar-refractivity contribution < 1.29 is 14.7 Å². The lowest BCUT2D eigenvalue weighted by atomic mass is 10.0. The molecule has 19 heavy (non-hydrogen) atoms. The quantitative estimate of drug-likeness (QED) is 0.813. The van der Waals surface area contributed by atoms with Gasteiger partial charge in [0.05, 0.1) is 0 Å². The van der Waals surface area contributed by atoms with E-state index in [2.05, 4.69) is 10.3 Å². The minimum atomic E-state index is -1.34. The van der Waals surface area contributed by atoms with E-state index in [0.29, 0.717) is 17.7 Å². The fourth-order valence-electron chi connectivity index (χ4n) is 1.48. The molecule has 0 aliphatic heterocycles. The van der Waals surface area contributed by atoms with Gasteiger partial charge in [-0.1, -0.05) is 24.9 Å². The second-order valence-corrected chi connectivity index (χ2v) is 5.19. The molecule has 0 aromatic carbocycles. The van der Waals surface area contributed by atoms with Gasteiger partial charge in [0.15, 0.2) is 0 Å². The summed E-state index contributed by atoms with van der Waals surface area (Å²) < 4.78 is 0. The summed E-state index contributed by atoms with van der Waals surface area (Å²) in [6.07, 6.45) is 1.60. The lowest BCUT2D eigenvalue weighted by Gasteiger charge is -2.21. The van der Waals surface area contributed by atoms with Crippen LogP contribution in [0.3, 0.4) is 0 Å². The molecule has 2 N–H and O–H groups in total. The number of carboxylic acid groups (broad SMARTS) is 1. The van der Waals surface area contributed by atoms with Crippen molar-refractivity contribution in [1.82, 2.24) is 10.3 Å². The Morgan fingerprint density at radius 1 is 1.42 bits per heavy atom. The molecule has 0 aliphatic rings. The number of pyridine rings is 1. The molecule has 1 aromatic heterocycles. The molecule has 1 heterocycles. The average Bonchev–Trinajstić information content (AvgIpc) is 2.27. The van der Waals surface area contributed by atoms with Crippen LogP contribution in [0.1, 0.15) is 43.2 Å². The van der Waals surface area contributed by atoms with Gasteiger partial charge in [0, 0.05) is 11.3 Å². The highest BCUT2D eigenvalue weighted by atomic mass is 35.5. The molecule has 0 unspecified atom stereocenters. The van der Waals surface area contributed by atoms with Crippen LogP contribution in [0, 0.1) is 0 Å². The van der Waals surface area contributed by atoms with Crippen molar-refractivity contribution >= 4 is 23.5 Å². The van der Waals surface area contributed by atoms with E-state index in [0.717, 1.165) is 6.42 Å². The van der Waals surface area contributed by atoms with Gasteiger partial charge in [0.2, 0.25) is 0 Å². The molecule has 5 nitrogen and oxygen atoms in total. The molecule has 1 amide bonds. The first-order valence-electron chi connectivity index (χ1n) is 5.98. The number of aryl methyl sites for hydroxylation is 1. The number of hydrogen-bond acceptors (Lipinski definition) is 3. The van der Waals surface area contributed by atoms with Gasteiger partial charge in [-0.05, 0) is 32.4 Å². The number of aliphatic carboxylic acids is 1. The number of aromatic nitrogens is 1. The van der Waals surface area contributed by atoms with E-state index in [9.17, 15) is 9.59 Å². The number of hydrogen-bond donors (Lipinski definition) is 2. The van der Waals surface area contributed by atoms with Crippen LogP contribution in [0.2, 0.25) is 5.15 Å². The molecule has 104 valence electrons. The summed E-state index contributed by atoms with van der Waals surface area (Å²) in [5.41, 5.74) is -0.302. The Morgan fingerprint density at radius 2 is 2.05 bits per heavy atom. The Hall–Kier alpha value is -1.62. The zero-order valence-electron chi connectivity index (χ0n) is 11.2. The summed E-state index contributed by atoms with van der Waals surface area (Å²) in [5.74, 6) is -1.58. The second-order valence-electron chi connectivity index (χ2n) is 4.80. The number of rotatable bonds is 5. The molecule has 0 saturated carbocycles. The molecule has 1 aromatic rings. The third kappa shape index (κ3) is 4.21. The van der Waals surface area contributed by atoms with Gasteiger partial charge >= 0.3 is 5.97 Å². The molecule has 1 rings (SSSR count). The normalized spacial score (nSPS) is 11.2. The van der Waals surface area contributed by atoms with E-state index in [1.807, 2.05) is 6.92 Å². The van der Waals surface area contributed by atoms with Crippen molar-refractivity contribution in [3.8, 4) is 0 Å². The van der Waals surface area contributed by atoms with Crippen molar-refractivity contribution in [1.29, 1.82) is 0 Å². The zero-order valence-corrected chi connectivity index (χ0v) is 11.9. The van der Waals surface area contributed by atoms with E-state index in [-0.39, 0.29) is 5.15 Å². The molecular weight excluding hydrogens is 268 g/mol. The molecule has 0 bridgehead atoms. The van der Waals surface area contributed by atoms with Crippen molar-refractivity contribution in [2.75, 3.05) is 0 Å². The van der Waals surface area contributed by atoms with Crippen LogP contribution in [0.15, 0.2) is 12.1 Å². The lowest BCUT2D eigenvalue weighted by Crippen LogP contribution is -2.49. The lowest BCUT2D eigenvalue weighted by molar-refractivity contribution is -0.143. The average molecular weight is 285 g/mol. The third-order valence-electron chi connectivity index (χ3n) is 2.58. The summed E-state index contributed by atoms with van der Waals surface area (Å²) in [6, 6.07) is 3.05. The number of nitrogens with zero attached hydrogens (tertiary/aromatic N) is 1. The molecular formula is C13H17ClN2O3. The van der Waals surface area contributed by atoms with E-state index in [1.165, 1.54) is 19.9 Å². The zero-order chi connectivity index (χ0) is 14.6. The topological polar surface area (TPSA) is 79.3 Å². The summed E-state index contributed by atoms with van der Waals surface area (Å²) in [4.78, 5) is 27.1. The summed E-state index contributed by atoms with van der Waals surface area (Å²) in [7, 11) is 0. The van der Waals surface area contributed by atoms with Gasteiger partial charge in [-0.2, -0.15) is 0 Å². The number of nitrogens with one attached hydrogen (secondary N) is 1. The Kier molecular flexibility index (Phi) is 4.89. The standard InChI is InChI=1S/C13H17ClN2O3/c1-4-5-9-6-8(7-10(14)15-9)11(17)16-13(2,3)12(18)19/h6-7H,4-5H2,1-3H3,(H,16,17)(H,18,19). The van der Waals surface area contributed by atoms with E-state index >= 15 is 0 Å². The molecule has 0 saturated heterocycles. The largest absolute Gasteiger partial charge is 0.480 e. The Bertz CT molecular complexity index is 501. The van der Waals surface area contributed by atoms with Crippen LogP contribution in [-0.2, 0) is 11.2 Å². The van der Waals surface area contributed by atoms with Gasteiger partial charge in [-0.3, -0.25) is 4.79 Å². The van der Waals surface area contributed by atoms with Crippen molar-refractivity contribution in [2.24, 2.45) is 0 Å². The minimum absolute atomic E-state index is 0.226. The van der Waals surface area contributed by atoms with Gasteiger partial charge < -0.3 is 10.4 Å². The smallest absolute Gasteiger partial charge is 0.328 e. The Balaban J connectivity index is 2.97. The van der Waals surface area contributed by atoms with Crippen LogP contribution in [0.5, 0.6) is 0 Å². The molecule has 6 heteroatoms. The van der Waals surface area contributed by atoms with Gasteiger partial charge in [-0.15, -0.1) is 0 Å². The molecule has 0 aliphatic carbocycles. The van der Waals surface area contributed by atoms with Crippen LogP contribution >= 0.6 is 11.6 Å². The first-order valence-corrected chi connectivity index (χ1v) is 6.36. The maximum Gasteiger partial charge on any atom is 0.328 e. The van der Waals surface area contributed by atoms with Crippen molar-refractivity contribution in [2.45, 2.75) is 39.2 Å². The monoisotopic (exact) mass is 284 g/mol. The second kappa shape index (κ2) is 6.02. The molecule has 0 fully saturated rings. The number of carbonyl (C=O) groups excluding carboxylic acids is 1. The highest BCUT2D eigenvalue weighted by Gasteiger charge is 2.29. The van der Waals surface area contributed by atoms with Crippen molar-refractivity contribution in [3.05, 3.63) is 28.5 Å². The van der Waals surface area contributed by atoms with Crippen LogP contribution < -0.4 is 5.32 Å². The number of carboxylic acids is 1. The van der Waals surface area contributed by atoms with Crippen molar-refractivity contribution in [3.63, 3.8) is 0 Å². The fourth-order valence-corrected chi connectivity index (χ4v) is 1.70. The number of halogens is 1. The Labute approximate surface area is 117 Å². The van der Waals surface area contributed by atoms with E-state index < -0.39 is 17.4 Å². The summed E-state index contributed by atoms with van der Waals surface area (Å²) in [6.45, 7) is 4.84. The van der Waals surface area contributed by atoms with Crippen LogP contribution in [0.25, 0.3) is 0 Å². The molecule has 0 atom stereocenters. The van der Waals surface area contributed by atoms with Gasteiger partial charge in [0.25, 0.3) is 5.91 Å². The summed E-state index contributed by atoms with van der Waals surface area (Å²) >= 11 is 5.86. The maximum atomic E-state index is 12.0. The van der Waals surface area contributed by atoms with Gasteiger partial charge in [0.1, 0.15) is 10.7 Å². The number of carbonyl (C=O) groups is 2. The SMILES string of the molecule is CCCc1cc(C(=O)NC(C)(C)C(=O)O)cc(Cl)n1. The Morgan fingerprint density at radius 3 is 2.58 bits per heavy atom. The first kappa shape index (κ1) is 15.4. The van der Waals surface area contributed by atoms with Crippen LogP contribution in [-0.4, -0.2) is 27.5 Å². The number of amides is 1. The predicted molar refractivity (Wildman–Crippen MR) is 72.4 cm³/mol. The van der Waals surface area contributed by atoms with E-state index in [1.54, 1.807) is 6.07 Å². The maximum absolute atomic E-state index is 12.0. The third-order valence-corrected chi connectivity index (χ3v) is 2.77. The molecule has 0 spiro atoms. The first-order chi connectivity index (χ1) is 8.76. The molecule has 0 radical (unpaired) electrons. The van der Waals surface area contributed by atoms with E-state index in [4.69, 9.17) is 16.7 Å². The highest BCUT2D eigenvalue weighted by molar-refractivity contribution is 6.29. The predicted octanol–water partition coefficient (Wildman–Crippen LogP) is 2.28. The van der Waals surface area contributed by atoms with Gasteiger partial charge in [-0.25, -0.2) is 9.78 Å². The minimum Gasteiger partial charge on any atom is -0.480 e. The van der Waals surface area contributed by atoms with Crippen LogP contribution in [0.4, 0.5) is 0 Å². The highest BCUT2D eigenvalue weighted by Crippen LogP contribution is 2.14.